The number of hydrogen-bond acceptors (Lipinski definition) is 3. The van der Waals surface area contributed by atoms with Gasteiger partial charge in [-0.15, -0.1) is 0 Å². The summed E-state index contributed by atoms with van der Waals surface area (Å²) in [5.41, 5.74) is 0. The summed E-state index contributed by atoms with van der Waals surface area (Å²) in [7, 11) is 0. The molecule has 2 unspecified atom stereocenters. The van der Waals surface area contributed by atoms with Crippen LogP contribution in [-0.4, -0.2) is 23.3 Å². The lowest BCUT2D eigenvalue weighted by Crippen LogP contribution is -2.29. The van der Waals surface area contributed by atoms with Crippen LogP contribution in [0.3, 0.4) is 0 Å². The molecule has 0 radical (unpaired) electrons. The van der Waals surface area contributed by atoms with Gasteiger partial charge in [0.05, 0.1) is 0 Å². The number of carbonyl (C=O) groups is 1. The Morgan fingerprint density at radius 3 is 1.55 bits per heavy atom. The second-order valence-electron chi connectivity index (χ2n) is 9.90. The van der Waals surface area contributed by atoms with Gasteiger partial charge in [-0.25, -0.2) is 0 Å². The highest BCUT2D eigenvalue weighted by atomic mass is 16.6. The molecule has 0 heterocycles. The van der Waals surface area contributed by atoms with E-state index in [0.29, 0.717) is 12.8 Å². The quantitative estimate of drug-likeness (QED) is 0.0827. The molecule has 1 N–H and O–H groups in total. The second-order valence-corrected chi connectivity index (χ2v) is 9.90. The number of esters is 1. The highest BCUT2D eigenvalue weighted by molar-refractivity contribution is 5.69. The van der Waals surface area contributed by atoms with Crippen molar-refractivity contribution >= 4 is 5.97 Å². The minimum atomic E-state index is -0.690. The van der Waals surface area contributed by atoms with Gasteiger partial charge in [-0.3, -0.25) is 4.79 Å². The Morgan fingerprint density at radius 2 is 1.09 bits per heavy atom. The summed E-state index contributed by atoms with van der Waals surface area (Å²) >= 11 is 0. The van der Waals surface area contributed by atoms with Crippen LogP contribution in [0.4, 0.5) is 0 Å². The van der Waals surface area contributed by atoms with Crippen LogP contribution in [-0.2, 0) is 9.53 Å². The molecular formula is C30H58O3. The molecule has 0 saturated heterocycles. The number of unbranched alkanes of at least 4 members (excludes halogenated alkanes) is 18. The minimum Gasteiger partial charge on any atom is -0.459 e. The molecule has 2 atom stereocenters. The molecule has 0 aliphatic heterocycles. The first kappa shape index (κ1) is 32.2. The Kier molecular flexibility index (Phi) is 25.1. The van der Waals surface area contributed by atoms with E-state index in [0.717, 1.165) is 19.3 Å². The first-order chi connectivity index (χ1) is 16.2. The minimum absolute atomic E-state index is 0.159. The molecule has 0 rings (SSSR count). The molecule has 0 bridgehead atoms. The molecule has 0 saturated carbocycles. The average molecular weight is 467 g/mol. The van der Waals surface area contributed by atoms with Crippen LogP contribution in [0.1, 0.15) is 162 Å². The van der Waals surface area contributed by atoms with Gasteiger partial charge in [-0.1, -0.05) is 142 Å². The number of hydrogen-bond donors (Lipinski definition) is 1. The van der Waals surface area contributed by atoms with Crippen LogP contribution >= 0.6 is 0 Å². The largest absolute Gasteiger partial charge is 0.459 e. The number of rotatable bonds is 25. The maximum atomic E-state index is 12.2. The third-order valence-electron chi connectivity index (χ3n) is 6.61. The van der Waals surface area contributed by atoms with E-state index in [2.05, 4.69) is 19.9 Å². The first-order valence-electron chi connectivity index (χ1n) is 14.7. The number of aliphatic hydroxyl groups is 1. The number of allylic oxidation sites excluding steroid dienone is 1. The van der Waals surface area contributed by atoms with E-state index in [-0.39, 0.29) is 5.97 Å². The summed E-state index contributed by atoms with van der Waals surface area (Å²) in [4.78, 5) is 12.2. The van der Waals surface area contributed by atoms with Crippen LogP contribution in [0.5, 0.6) is 0 Å². The zero-order valence-electron chi connectivity index (χ0n) is 22.6. The van der Waals surface area contributed by atoms with Crippen LogP contribution in [0.25, 0.3) is 0 Å². The lowest BCUT2D eigenvalue weighted by atomic mass is 10.1. The molecule has 0 aliphatic carbocycles. The normalized spacial score (nSPS) is 13.5. The number of ether oxygens (including phenoxy) is 1. The van der Waals surface area contributed by atoms with Crippen LogP contribution in [0, 0.1) is 0 Å². The molecule has 0 aromatic heterocycles. The number of carbonyl (C=O) groups excluding carboxylic acids is 1. The molecule has 3 nitrogen and oxygen atoms in total. The summed E-state index contributed by atoms with van der Waals surface area (Å²) < 4.78 is 5.55. The Bertz CT molecular complexity index is 432. The van der Waals surface area contributed by atoms with E-state index in [1.807, 2.05) is 13.0 Å². The highest BCUT2D eigenvalue weighted by Gasteiger charge is 2.19. The maximum absolute atomic E-state index is 12.2. The third-order valence-corrected chi connectivity index (χ3v) is 6.61. The second kappa shape index (κ2) is 25.8. The Morgan fingerprint density at radius 1 is 0.667 bits per heavy atom. The summed E-state index contributed by atoms with van der Waals surface area (Å²) in [5, 5.41) is 10.4. The molecule has 0 fully saturated rings. The fourth-order valence-corrected chi connectivity index (χ4v) is 4.31. The molecule has 0 aromatic rings. The van der Waals surface area contributed by atoms with Gasteiger partial charge in [0, 0.05) is 6.42 Å². The SMILES string of the molecule is CCCCCCCCCCC/C=C/C(O)C(CC)OC(=O)CCCCCCCCCCCC. The van der Waals surface area contributed by atoms with Crippen molar-refractivity contribution in [1.29, 1.82) is 0 Å². The number of aliphatic hydroxyl groups excluding tert-OH is 1. The van der Waals surface area contributed by atoms with Crippen molar-refractivity contribution in [1.82, 2.24) is 0 Å². The van der Waals surface area contributed by atoms with Crippen molar-refractivity contribution in [3.63, 3.8) is 0 Å². The Labute approximate surface area is 207 Å². The van der Waals surface area contributed by atoms with Crippen molar-refractivity contribution in [2.45, 2.75) is 174 Å². The van der Waals surface area contributed by atoms with Crippen molar-refractivity contribution < 1.29 is 14.6 Å². The Hall–Kier alpha value is -0.830. The fraction of sp³-hybridized carbons (Fsp3) is 0.900. The first-order valence-corrected chi connectivity index (χ1v) is 14.7. The van der Waals surface area contributed by atoms with Crippen molar-refractivity contribution in [3.8, 4) is 0 Å². The zero-order valence-corrected chi connectivity index (χ0v) is 22.6. The molecule has 3 heteroatoms. The smallest absolute Gasteiger partial charge is 0.306 e. The van der Waals surface area contributed by atoms with Crippen LogP contribution in [0.15, 0.2) is 12.2 Å². The average Bonchev–Trinajstić information content (AvgIpc) is 2.82. The van der Waals surface area contributed by atoms with E-state index in [4.69, 9.17) is 4.74 Å². The van der Waals surface area contributed by atoms with Gasteiger partial charge >= 0.3 is 5.97 Å². The lowest BCUT2D eigenvalue weighted by Gasteiger charge is -2.19. The van der Waals surface area contributed by atoms with Gasteiger partial charge in [-0.2, -0.15) is 0 Å². The van der Waals surface area contributed by atoms with Crippen LogP contribution in [0.2, 0.25) is 0 Å². The van der Waals surface area contributed by atoms with Crippen LogP contribution < -0.4 is 0 Å². The van der Waals surface area contributed by atoms with Gasteiger partial charge in [-0.05, 0) is 25.7 Å². The van der Waals surface area contributed by atoms with E-state index in [1.165, 1.54) is 109 Å². The van der Waals surface area contributed by atoms with E-state index in [1.54, 1.807) is 0 Å². The molecule has 33 heavy (non-hydrogen) atoms. The summed E-state index contributed by atoms with van der Waals surface area (Å²) in [6.07, 6.45) is 29.4. The highest BCUT2D eigenvalue weighted by Crippen LogP contribution is 2.14. The third kappa shape index (κ3) is 22.7. The summed E-state index contributed by atoms with van der Waals surface area (Å²) in [5.74, 6) is -0.159. The van der Waals surface area contributed by atoms with Gasteiger partial charge in [0.15, 0.2) is 0 Å². The predicted octanol–water partition coefficient (Wildman–Crippen LogP) is 9.46. The van der Waals surface area contributed by atoms with Crippen molar-refractivity contribution in [2.24, 2.45) is 0 Å². The van der Waals surface area contributed by atoms with Gasteiger partial charge in [0.2, 0.25) is 0 Å². The maximum Gasteiger partial charge on any atom is 0.306 e. The summed E-state index contributed by atoms with van der Waals surface area (Å²) in [6, 6.07) is 0. The van der Waals surface area contributed by atoms with E-state index >= 15 is 0 Å². The topological polar surface area (TPSA) is 46.5 Å². The molecule has 0 aromatic carbocycles. The van der Waals surface area contributed by atoms with Gasteiger partial charge < -0.3 is 9.84 Å². The van der Waals surface area contributed by atoms with Gasteiger partial charge in [0.1, 0.15) is 12.2 Å². The molecule has 0 spiro atoms. The zero-order chi connectivity index (χ0) is 24.4. The van der Waals surface area contributed by atoms with Gasteiger partial charge in [0.25, 0.3) is 0 Å². The predicted molar refractivity (Wildman–Crippen MR) is 144 cm³/mol. The Balaban J connectivity index is 3.70. The standard InChI is InChI=1S/C30H58O3/c1-4-7-9-11-13-15-17-18-20-22-24-26-28(31)29(6-3)33-30(32)27-25-23-21-19-16-14-12-10-8-5-2/h24,26,28-29,31H,4-23,25,27H2,1-3H3/b26-24+. The molecular weight excluding hydrogens is 408 g/mol. The fourth-order valence-electron chi connectivity index (χ4n) is 4.31. The monoisotopic (exact) mass is 466 g/mol. The molecule has 0 amide bonds. The summed E-state index contributed by atoms with van der Waals surface area (Å²) in [6.45, 7) is 6.48. The van der Waals surface area contributed by atoms with E-state index in [9.17, 15) is 9.90 Å². The lowest BCUT2D eigenvalue weighted by molar-refractivity contribution is -0.153. The van der Waals surface area contributed by atoms with Crippen molar-refractivity contribution in [2.75, 3.05) is 0 Å². The van der Waals surface area contributed by atoms with E-state index < -0.39 is 12.2 Å². The molecule has 196 valence electrons. The van der Waals surface area contributed by atoms with Crippen molar-refractivity contribution in [3.05, 3.63) is 12.2 Å². The molecule has 0 aliphatic rings.